The van der Waals surface area contributed by atoms with Gasteiger partial charge < -0.3 is 20.3 Å². The number of ether oxygens (including phenoxy) is 1. The van der Waals surface area contributed by atoms with Gasteiger partial charge in [-0.25, -0.2) is 4.98 Å². The van der Waals surface area contributed by atoms with Crippen LogP contribution in [0.25, 0.3) is 0 Å². The van der Waals surface area contributed by atoms with E-state index in [0.29, 0.717) is 19.0 Å². The van der Waals surface area contributed by atoms with Gasteiger partial charge in [0.15, 0.2) is 0 Å². The topological polar surface area (TPSA) is 66.5 Å². The zero-order chi connectivity index (χ0) is 16.8. The summed E-state index contributed by atoms with van der Waals surface area (Å²) in [7, 11) is 0. The molecule has 1 aromatic heterocycles. The summed E-state index contributed by atoms with van der Waals surface area (Å²) in [6.45, 7) is 6.10. The number of aromatic nitrogens is 1. The third-order valence-corrected chi connectivity index (χ3v) is 5.42. The average molecular weight is 423 g/mol. The molecule has 2 atom stereocenters. The Labute approximate surface area is 172 Å². The number of nitrogens with zero attached hydrogens (tertiary/aromatic N) is 2. The molecule has 2 unspecified atom stereocenters. The highest BCUT2D eigenvalue weighted by atomic mass is 35.5. The Bertz CT molecular complexity index is 544. The van der Waals surface area contributed by atoms with E-state index in [1.165, 1.54) is 0 Å². The first-order valence-electron chi connectivity index (χ1n) is 8.60. The van der Waals surface area contributed by atoms with Crippen LogP contribution in [0.4, 0.5) is 5.82 Å². The van der Waals surface area contributed by atoms with E-state index >= 15 is 0 Å². The molecular weight excluding hydrogens is 395 g/mol. The van der Waals surface area contributed by atoms with Crippen molar-refractivity contribution in [3.05, 3.63) is 23.9 Å². The van der Waals surface area contributed by atoms with Gasteiger partial charge in [0.1, 0.15) is 5.82 Å². The molecule has 2 aliphatic heterocycles. The lowest BCUT2D eigenvalue weighted by Crippen LogP contribution is -2.41. The summed E-state index contributed by atoms with van der Waals surface area (Å²) in [5.74, 6) is 3.23. The highest BCUT2D eigenvalue weighted by Crippen LogP contribution is 2.15. The second-order valence-corrected chi connectivity index (χ2v) is 7.51. The third kappa shape index (κ3) is 7.12. The Kier molecular flexibility index (Phi) is 10.6. The summed E-state index contributed by atoms with van der Waals surface area (Å²) in [5, 5.41) is 6.38. The standard InChI is InChI=1S/C17H26N4O2S.2ClH/c1-13-11-21(5-6-23-13)16-3-2-14(9-19-16)10-20-17(22)8-15-12-24-7-4-18-15;;/h2-3,9,13,15,18H,4-8,10-12H2,1H3,(H,20,22);2*1H. The van der Waals surface area contributed by atoms with Crippen molar-refractivity contribution < 1.29 is 9.53 Å². The number of hydrogen-bond donors (Lipinski definition) is 2. The Hall–Kier alpha value is -0.730. The van der Waals surface area contributed by atoms with Crippen molar-refractivity contribution in [2.45, 2.75) is 32.0 Å². The van der Waals surface area contributed by atoms with Crippen LogP contribution in [0.3, 0.4) is 0 Å². The lowest BCUT2D eigenvalue weighted by atomic mass is 10.2. The first-order valence-corrected chi connectivity index (χ1v) is 9.75. The number of rotatable bonds is 5. The van der Waals surface area contributed by atoms with Crippen molar-refractivity contribution >= 4 is 48.3 Å². The fourth-order valence-corrected chi connectivity index (χ4v) is 3.93. The molecule has 6 nitrogen and oxygen atoms in total. The van der Waals surface area contributed by atoms with Gasteiger partial charge in [-0.1, -0.05) is 6.07 Å². The maximum absolute atomic E-state index is 12.0. The van der Waals surface area contributed by atoms with Gasteiger partial charge in [0.05, 0.1) is 12.7 Å². The number of pyridine rings is 1. The van der Waals surface area contributed by atoms with Crippen LogP contribution in [0.2, 0.25) is 0 Å². The summed E-state index contributed by atoms with van der Waals surface area (Å²) in [6, 6.07) is 4.36. The van der Waals surface area contributed by atoms with E-state index in [4.69, 9.17) is 4.74 Å². The summed E-state index contributed by atoms with van der Waals surface area (Å²) >= 11 is 1.91. The third-order valence-electron chi connectivity index (χ3n) is 4.29. The van der Waals surface area contributed by atoms with Crippen LogP contribution < -0.4 is 15.5 Å². The summed E-state index contributed by atoms with van der Waals surface area (Å²) in [5.41, 5.74) is 1.03. The van der Waals surface area contributed by atoms with Crippen LogP contribution in [-0.2, 0) is 16.1 Å². The molecule has 2 aliphatic rings. The number of halogens is 2. The minimum absolute atomic E-state index is 0. The van der Waals surface area contributed by atoms with Crippen molar-refractivity contribution in [3.63, 3.8) is 0 Å². The lowest BCUT2D eigenvalue weighted by molar-refractivity contribution is -0.121. The van der Waals surface area contributed by atoms with E-state index in [-0.39, 0.29) is 36.8 Å². The number of thioether (sulfide) groups is 1. The zero-order valence-electron chi connectivity index (χ0n) is 15.0. The van der Waals surface area contributed by atoms with Crippen LogP contribution in [0.1, 0.15) is 18.9 Å². The largest absolute Gasteiger partial charge is 0.375 e. The normalized spacial score (nSPS) is 22.7. The number of amides is 1. The van der Waals surface area contributed by atoms with E-state index in [1.807, 2.05) is 30.1 Å². The maximum atomic E-state index is 12.0. The fraction of sp³-hybridized carbons (Fsp3) is 0.647. The molecule has 26 heavy (non-hydrogen) atoms. The van der Waals surface area contributed by atoms with Gasteiger partial charge in [0.25, 0.3) is 0 Å². The molecule has 1 aromatic rings. The van der Waals surface area contributed by atoms with Crippen molar-refractivity contribution in [2.75, 3.05) is 42.6 Å². The molecule has 0 aliphatic carbocycles. The quantitative estimate of drug-likeness (QED) is 0.754. The van der Waals surface area contributed by atoms with Crippen LogP contribution >= 0.6 is 36.6 Å². The predicted molar refractivity (Wildman–Crippen MR) is 112 cm³/mol. The molecule has 9 heteroatoms. The summed E-state index contributed by atoms with van der Waals surface area (Å²) in [6.07, 6.45) is 2.64. The van der Waals surface area contributed by atoms with Gasteiger partial charge in [-0.15, -0.1) is 24.8 Å². The minimum Gasteiger partial charge on any atom is -0.375 e. The Morgan fingerprint density at radius 3 is 2.96 bits per heavy atom. The van der Waals surface area contributed by atoms with Crippen LogP contribution in [0.15, 0.2) is 18.3 Å². The Morgan fingerprint density at radius 1 is 1.46 bits per heavy atom. The molecule has 1 amide bonds. The van der Waals surface area contributed by atoms with E-state index in [1.54, 1.807) is 0 Å². The molecule has 0 spiro atoms. The Morgan fingerprint density at radius 2 is 2.31 bits per heavy atom. The molecule has 148 valence electrons. The first kappa shape index (κ1) is 23.3. The van der Waals surface area contributed by atoms with Gasteiger partial charge in [-0.3, -0.25) is 4.79 Å². The second-order valence-electron chi connectivity index (χ2n) is 6.36. The van der Waals surface area contributed by atoms with Crippen LogP contribution in [0.5, 0.6) is 0 Å². The number of morpholine rings is 1. The molecule has 3 rings (SSSR count). The average Bonchev–Trinajstić information content (AvgIpc) is 2.61. The second kappa shape index (κ2) is 11.9. The van der Waals surface area contributed by atoms with Gasteiger partial charge in [-0.05, 0) is 18.6 Å². The van der Waals surface area contributed by atoms with Gasteiger partial charge in [0.2, 0.25) is 5.91 Å². The van der Waals surface area contributed by atoms with Crippen molar-refractivity contribution in [1.29, 1.82) is 0 Å². The SMILES string of the molecule is CC1CN(c2ccc(CNC(=O)CC3CSCCN3)cn2)CCO1.Cl.Cl. The van der Waals surface area contributed by atoms with Gasteiger partial charge in [0, 0.05) is 56.3 Å². The smallest absolute Gasteiger partial charge is 0.221 e. The molecule has 2 fully saturated rings. The molecule has 0 radical (unpaired) electrons. The predicted octanol–water partition coefficient (Wildman–Crippen LogP) is 1.86. The number of anilines is 1. The van der Waals surface area contributed by atoms with Crippen LogP contribution in [-0.4, -0.2) is 60.8 Å². The first-order chi connectivity index (χ1) is 11.7. The van der Waals surface area contributed by atoms with Crippen molar-refractivity contribution in [1.82, 2.24) is 15.6 Å². The van der Waals surface area contributed by atoms with Crippen LogP contribution in [0, 0.1) is 0 Å². The fourth-order valence-electron chi connectivity index (χ4n) is 2.98. The number of carbonyl (C=O) groups excluding carboxylic acids is 1. The van der Waals surface area contributed by atoms with Gasteiger partial charge >= 0.3 is 0 Å². The monoisotopic (exact) mass is 422 g/mol. The molecule has 0 aromatic carbocycles. The molecular formula is C17H28Cl2N4O2S. The molecule has 2 N–H and O–H groups in total. The lowest BCUT2D eigenvalue weighted by Gasteiger charge is -2.32. The highest BCUT2D eigenvalue weighted by Gasteiger charge is 2.18. The van der Waals surface area contributed by atoms with E-state index in [2.05, 4.69) is 27.4 Å². The Balaban J connectivity index is 0.00000169. The number of nitrogens with one attached hydrogen (secondary N) is 2. The minimum atomic E-state index is 0. The zero-order valence-corrected chi connectivity index (χ0v) is 17.4. The van der Waals surface area contributed by atoms with Crippen molar-refractivity contribution in [2.24, 2.45) is 0 Å². The molecule has 0 saturated carbocycles. The summed E-state index contributed by atoms with van der Waals surface area (Å²) in [4.78, 5) is 18.8. The van der Waals surface area contributed by atoms with Crippen molar-refractivity contribution in [3.8, 4) is 0 Å². The molecule has 3 heterocycles. The van der Waals surface area contributed by atoms with E-state index in [0.717, 1.165) is 49.1 Å². The number of hydrogen-bond acceptors (Lipinski definition) is 6. The van der Waals surface area contributed by atoms with E-state index < -0.39 is 0 Å². The molecule has 2 saturated heterocycles. The van der Waals surface area contributed by atoms with E-state index in [9.17, 15) is 4.79 Å². The highest BCUT2D eigenvalue weighted by molar-refractivity contribution is 7.99. The summed E-state index contributed by atoms with van der Waals surface area (Å²) < 4.78 is 5.56. The maximum Gasteiger partial charge on any atom is 0.221 e. The van der Waals surface area contributed by atoms with Gasteiger partial charge in [-0.2, -0.15) is 11.8 Å². The number of carbonyl (C=O) groups is 1. The molecule has 0 bridgehead atoms.